The van der Waals surface area contributed by atoms with Gasteiger partial charge in [-0.05, 0) is 75.1 Å². The van der Waals surface area contributed by atoms with Crippen LogP contribution in [0.15, 0.2) is 42.6 Å². The average molecular weight is 629 g/mol. The van der Waals surface area contributed by atoms with Crippen LogP contribution in [0, 0.1) is 0 Å². The van der Waals surface area contributed by atoms with Gasteiger partial charge in [-0.1, -0.05) is 18.2 Å². The van der Waals surface area contributed by atoms with Crippen molar-refractivity contribution in [2.75, 3.05) is 50.6 Å². The number of methoxy groups -OCH3 is 1. The molecule has 9 nitrogen and oxygen atoms in total. The number of alkyl halides is 4. The molecule has 2 aliphatic rings. The van der Waals surface area contributed by atoms with E-state index in [1.165, 1.54) is 30.9 Å². The number of ether oxygens (including phenoxy) is 1. The topological polar surface area (TPSA) is 99.7 Å². The normalized spacial score (nSPS) is 16.6. The Bertz CT molecular complexity index is 1540. The number of likely N-dealkylation sites (tertiary alicyclic amines) is 1. The maximum atomic E-state index is 14.0. The SMILES string of the molecule is COc1cc(CC(=O)CCCN2CCCC2)ccc1Nc1ncc(C(F)(F)F)c(Nc2cccc3c2C(=O)N(CCF)C3C)n1. The molecule has 0 aliphatic carbocycles. The zero-order valence-corrected chi connectivity index (χ0v) is 25.2. The van der Waals surface area contributed by atoms with Gasteiger partial charge in [-0.2, -0.15) is 18.2 Å². The molecule has 5 rings (SSSR count). The molecule has 1 unspecified atom stereocenters. The minimum absolute atomic E-state index is 0.117. The van der Waals surface area contributed by atoms with Gasteiger partial charge in [-0.3, -0.25) is 9.59 Å². The molecule has 45 heavy (non-hydrogen) atoms. The van der Waals surface area contributed by atoms with Crippen LogP contribution in [0.2, 0.25) is 0 Å². The molecule has 3 heterocycles. The Morgan fingerprint density at radius 3 is 2.58 bits per heavy atom. The van der Waals surface area contributed by atoms with E-state index in [4.69, 9.17) is 4.74 Å². The summed E-state index contributed by atoms with van der Waals surface area (Å²) in [5.41, 5.74) is 0.873. The number of anilines is 4. The lowest BCUT2D eigenvalue weighted by Crippen LogP contribution is -2.28. The first kappa shape index (κ1) is 32.1. The maximum Gasteiger partial charge on any atom is 0.421 e. The first-order valence-corrected chi connectivity index (χ1v) is 15.0. The van der Waals surface area contributed by atoms with Crippen molar-refractivity contribution in [2.45, 2.75) is 51.2 Å². The lowest BCUT2D eigenvalue weighted by atomic mass is 10.0. The second-order valence-electron chi connectivity index (χ2n) is 11.2. The molecule has 1 atom stereocenters. The van der Waals surface area contributed by atoms with E-state index in [0.29, 0.717) is 29.6 Å². The van der Waals surface area contributed by atoms with E-state index in [1.54, 1.807) is 37.3 Å². The number of benzene rings is 2. The molecule has 3 aromatic rings. The van der Waals surface area contributed by atoms with Gasteiger partial charge >= 0.3 is 6.18 Å². The Kier molecular flexibility index (Phi) is 9.86. The minimum Gasteiger partial charge on any atom is -0.495 e. The van der Waals surface area contributed by atoms with E-state index in [1.807, 2.05) is 0 Å². The van der Waals surface area contributed by atoms with Crippen molar-refractivity contribution in [3.05, 3.63) is 64.8 Å². The smallest absolute Gasteiger partial charge is 0.421 e. The number of Topliss-reactive ketones (excluding diaryl/α,β-unsaturated/α-hetero) is 1. The van der Waals surface area contributed by atoms with Crippen LogP contribution in [0.25, 0.3) is 0 Å². The molecule has 13 heteroatoms. The predicted molar refractivity (Wildman–Crippen MR) is 162 cm³/mol. The van der Waals surface area contributed by atoms with E-state index in [-0.39, 0.29) is 35.9 Å². The quantitative estimate of drug-likeness (QED) is 0.208. The van der Waals surface area contributed by atoms with Crippen molar-refractivity contribution >= 4 is 34.8 Å². The zero-order valence-electron chi connectivity index (χ0n) is 25.2. The largest absolute Gasteiger partial charge is 0.495 e. The number of carbonyl (C=O) groups excluding carboxylic acids is 2. The number of hydrogen-bond acceptors (Lipinski definition) is 8. The molecule has 2 N–H and O–H groups in total. The first-order valence-electron chi connectivity index (χ1n) is 15.0. The Morgan fingerprint density at radius 1 is 1.09 bits per heavy atom. The van der Waals surface area contributed by atoms with Crippen LogP contribution in [-0.4, -0.2) is 71.4 Å². The Hall–Kier alpha value is -4.26. The zero-order chi connectivity index (χ0) is 32.1. The summed E-state index contributed by atoms with van der Waals surface area (Å²) < 4.78 is 60.6. The van der Waals surface area contributed by atoms with E-state index < -0.39 is 36.2 Å². The predicted octanol–water partition coefficient (Wildman–Crippen LogP) is 6.47. The van der Waals surface area contributed by atoms with Gasteiger partial charge < -0.3 is 25.2 Å². The molecule has 2 aliphatic heterocycles. The molecule has 0 saturated carbocycles. The number of hydrogen-bond donors (Lipinski definition) is 2. The number of halogens is 4. The van der Waals surface area contributed by atoms with Gasteiger partial charge in [-0.25, -0.2) is 9.37 Å². The summed E-state index contributed by atoms with van der Waals surface area (Å²) in [5, 5.41) is 5.59. The lowest BCUT2D eigenvalue weighted by molar-refractivity contribution is -0.137. The molecule has 1 aromatic heterocycles. The van der Waals surface area contributed by atoms with Crippen molar-refractivity contribution in [1.29, 1.82) is 0 Å². The molecule has 240 valence electrons. The molecular formula is C32H36F4N6O3. The number of carbonyl (C=O) groups is 2. The number of amides is 1. The number of ketones is 1. The molecule has 0 radical (unpaired) electrons. The van der Waals surface area contributed by atoms with Crippen LogP contribution in [0.5, 0.6) is 5.75 Å². The third kappa shape index (κ3) is 7.35. The highest BCUT2D eigenvalue weighted by molar-refractivity contribution is 6.04. The number of nitrogens with zero attached hydrogens (tertiary/aromatic N) is 4. The van der Waals surface area contributed by atoms with E-state index in [0.717, 1.165) is 31.6 Å². The van der Waals surface area contributed by atoms with Crippen molar-refractivity contribution < 1.29 is 31.9 Å². The van der Waals surface area contributed by atoms with Gasteiger partial charge in [0, 0.05) is 25.6 Å². The number of rotatable bonds is 13. The van der Waals surface area contributed by atoms with Gasteiger partial charge in [0.15, 0.2) is 0 Å². The monoisotopic (exact) mass is 628 g/mol. The number of fused-ring (bicyclic) bond motifs is 1. The molecular weight excluding hydrogens is 592 g/mol. The summed E-state index contributed by atoms with van der Waals surface area (Å²) in [6.07, 6.45) is -0.189. The average Bonchev–Trinajstić information content (AvgIpc) is 3.61. The highest BCUT2D eigenvalue weighted by atomic mass is 19.4. The second-order valence-corrected chi connectivity index (χ2v) is 11.2. The highest BCUT2D eigenvalue weighted by Crippen LogP contribution is 2.40. The van der Waals surface area contributed by atoms with Gasteiger partial charge in [-0.15, -0.1) is 0 Å². The molecule has 0 spiro atoms. The van der Waals surface area contributed by atoms with E-state index in [9.17, 15) is 27.2 Å². The molecule has 0 bridgehead atoms. The maximum absolute atomic E-state index is 14.0. The molecule has 1 saturated heterocycles. The van der Waals surface area contributed by atoms with Crippen LogP contribution in [0.1, 0.15) is 65.7 Å². The van der Waals surface area contributed by atoms with Gasteiger partial charge in [0.05, 0.1) is 30.1 Å². The Morgan fingerprint density at radius 2 is 1.87 bits per heavy atom. The van der Waals surface area contributed by atoms with Crippen LogP contribution < -0.4 is 15.4 Å². The van der Waals surface area contributed by atoms with Gasteiger partial charge in [0.25, 0.3) is 5.91 Å². The van der Waals surface area contributed by atoms with Crippen LogP contribution in [0.3, 0.4) is 0 Å². The van der Waals surface area contributed by atoms with E-state index in [2.05, 4.69) is 25.5 Å². The lowest BCUT2D eigenvalue weighted by Gasteiger charge is -2.20. The van der Waals surface area contributed by atoms with Crippen molar-refractivity contribution in [1.82, 2.24) is 19.8 Å². The fourth-order valence-electron chi connectivity index (χ4n) is 5.90. The number of nitrogens with one attached hydrogen (secondary N) is 2. The van der Waals surface area contributed by atoms with Crippen molar-refractivity contribution in [2.24, 2.45) is 0 Å². The Labute approximate surface area is 259 Å². The Balaban J connectivity index is 1.34. The fourth-order valence-corrected chi connectivity index (χ4v) is 5.90. The van der Waals surface area contributed by atoms with Crippen LogP contribution in [-0.2, 0) is 17.4 Å². The molecule has 2 aromatic carbocycles. The summed E-state index contributed by atoms with van der Waals surface area (Å²) in [6.45, 7) is 3.96. The molecule has 1 fully saturated rings. The van der Waals surface area contributed by atoms with Crippen molar-refractivity contribution in [3.8, 4) is 5.75 Å². The third-order valence-corrected chi connectivity index (χ3v) is 8.20. The van der Waals surface area contributed by atoms with Gasteiger partial charge in [0.1, 0.15) is 29.6 Å². The standard InChI is InChI=1S/C32H36F4N6O3/c1-20-23-8-5-9-26(28(23)30(44)42(20)16-12-33)38-29-24(32(34,35)36)19-37-31(40-29)39-25-11-10-21(18-27(25)45-2)17-22(43)7-6-15-41-13-3-4-14-41/h5,8-11,18-20H,3-4,6-7,12-17H2,1-2H3,(H2,37,38,39,40). The summed E-state index contributed by atoms with van der Waals surface area (Å²) >= 11 is 0. The third-order valence-electron chi connectivity index (χ3n) is 8.20. The van der Waals surface area contributed by atoms with E-state index >= 15 is 0 Å². The fraction of sp³-hybridized carbons (Fsp3) is 0.438. The second kappa shape index (κ2) is 13.8. The van der Waals surface area contributed by atoms with Crippen molar-refractivity contribution in [3.63, 3.8) is 0 Å². The molecule has 1 amide bonds. The summed E-state index contributed by atoms with van der Waals surface area (Å²) in [7, 11) is 1.45. The first-order chi connectivity index (χ1) is 21.6. The summed E-state index contributed by atoms with van der Waals surface area (Å²) in [6, 6.07) is 9.45. The van der Waals surface area contributed by atoms with Crippen LogP contribution >= 0.6 is 0 Å². The number of aromatic nitrogens is 2. The summed E-state index contributed by atoms with van der Waals surface area (Å²) in [5.74, 6) is -0.710. The van der Waals surface area contributed by atoms with Gasteiger partial charge in [0.2, 0.25) is 5.95 Å². The van der Waals surface area contributed by atoms with Crippen LogP contribution in [0.4, 0.5) is 40.7 Å². The summed E-state index contributed by atoms with van der Waals surface area (Å²) in [4.78, 5) is 37.4. The minimum atomic E-state index is -4.79. The highest BCUT2D eigenvalue weighted by Gasteiger charge is 2.38.